The zero-order valence-electron chi connectivity index (χ0n) is 16.9. The highest BCUT2D eigenvalue weighted by Crippen LogP contribution is 2.28. The number of carbonyl (C=O) groups excluding carboxylic acids is 1. The Morgan fingerprint density at radius 1 is 1.21 bits per heavy atom. The smallest absolute Gasteiger partial charge is 0.410 e. The van der Waals surface area contributed by atoms with Crippen molar-refractivity contribution in [3.05, 3.63) is 59.7 Å². The molecule has 2 amide bonds. The molecule has 1 aliphatic rings. The Balaban J connectivity index is 1.88. The number of ether oxygens (including phenoxy) is 1. The summed E-state index contributed by atoms with van der Waals surface area (Å²) < 4.78 is 5.66. The average molecular weight is 397 g/mol. The van der Waals surface area contributed by atoms with E-state index in [1.807, 2.05) is 57.2 Å². The molecule has 1 heterocycles. The molecule has 0 aliphatic carbocycles. The minimum absolute atomic E-state index is 0.115. The van der Waals surface area contributed by atoms with Gasteiger partial charge in [-0.3, -0.25) is 10.2 Å². The quantitative estimate of drug-likeness (QED) is 0.707. The monoisotopic (exact) mass is 397 g/mol. The number of carboxylic acid groups (broad SMARTS) is 1. The first-order valence-electron chi connectivity index (χ1n) is 9.61. The van der Waals surface area contributed by atoms with Gasteiger partial charge >= 0.3 is 12.2 Å². The van der Waals surface area contributed by atoms with Crippen LogP contribution in [0.3, 0.4) is 0 Å². The number of hydrogen-bond donors (Lipinski definition) is 3. The number of amides is 2. The van der Waals surface area contributed by atoms with Crippen molar-refractivity contribution in [2.24, 2.45) is 0 Å². The Morgan fingerprint density at radius 3 is 2.59 bits per heavy atom. The summed E-state index contributed by atoms with van der Waals surface area (Å²) in [5, 5.41) is 14.7. The van der Waals surface area contributed by atoms with Crippen molar-refractivity contribution in [2.45, 2.75) is 45.4 Å². The fourth-order valence-corrected chi connectivity index (χ4v) is 3.33. The number of carbonyl (C=O) groups is 2. The lowest BCUT2D eigenvalue weighted by atomic mass is 10.0. The molecule has 3 N–H and O–H groups in total. The lowest BCUT2D eigenvalue weighted by Crippen LogP contribution is -2.45. The van der Waals surface area contributed by atoms with Crippen LogP contribution >= 0.6 is 0 Å². The van der Waals surface area contributed by atoms with Gasteiger partial charge in [-0.2, -0.15) is 0 Å². The summed E-state index contributed by atoms with van der Waals surface area (Å²) in [6.45, 7) is 6.46. The molecular weight excluding hydrogens is 370 g/mol. The van der Waals surface area contributed by atoms with Crippen LogP contribution in [0.5, 0.6) is 0 Å². The summed E-state index contributed by atoms with van der Waals surface area (Å²) in [5.41, 5.74) is 2.73. The second-order valence-corrected chi connectivity index (χ2v) is 8.13. The second kappa shape index (κ2) is 8.43. The third kappa shape index (κ3) is 5.63. The van der Waals surface area contributed by atoms with Gasteiger partial charge in [0.25, 0.3) is 0 Å². The van der Waals surface area contributed by atoms with E-state index in [0.717, 1.165) is 16.8 Å². The molecule has 0 bridgehead atoms. The largest absolute Gasteiger partial charge is 0.465 e. The molecule has 154 valence electrons. The molecule has 0 saturated carbocycles. The highest BCUT2D eigenvalue weighted by molar-refractivity contribution is 5.84. The van der Waals surface area contributed by atoms with Crippen LogP contribution in [0.15, 0.2) is 48.5 Å². The molecular formula is C22H27N3O4. The fraction of sp³-hybridized carbons (Fsp3) is 0.364. The Hall–Kier alpha value is -3.22. The molecule has 7 heteroatoms. The summed E-state index contributed by atoms with van der Waals surface area (Å²) in [6.07, 6.45) is -0.793. The molecule has 2 aromatic rings. The van der Waals surface area contributed by atoms with Gasteiger partial charge in [-0.1, -0.05) is 36.4 Å². The Kier molecular flexibility index (Phi) is 5.96. The first kappa shape index (κ1) is 20.5. The molecule has 0 spiro atoms. The molecule has 1 unspecified atom stereocenters. The van der Waals surface area contributed by atoms with Crippen LogP contribution in [0, 0.1) is 0 Å². The van der Waals surface area contributed by atoms with E-state index >= 15 is 0 Å². The predicted molar refractivity (Wildman–Crippen MR) is 112 cm³/mol. The molecule has 0 fully saturated rings. The fourth-order valence-electron chi connectivity index (χ4n) is 3.33. The van der Waals surface area contributed by atoms with Crippen LogP contribution in [0.2, 0.25) is 0 Å². The predicted octanol–water partition coefficient (Wildman–Crippen LogP) is 4.55. The van der Waals surface area contributed by atoms with Crippen LogP contribution in [-0.2, 0) is 17.7 Å². The molecule has 0 radical (unpaired) electrons. The van der Waals surface area contributed by atoms with Gasteiger partial charge in [-0.15, -0.1) is 0 Å². The summed E-state index contributed by atoms with van der Waals surface area (Å²) in [6, 6.07) is 15.2. The van der Waals surface area contributed by atoms with Gasteiger partial charge in [-0.25, -0.2) is 9.59 Å². The normalized spacial score (nSPS) is 16.2. The van der Waals surface area contributed by atoms with Crippen LogP contribution in [0.1, 0.15) is 31.9 Å². The van der Waals surface area contributed by atoms with E-state index in [4.69, 9.17) is 9.84 Å². The van der Waals surface area contributed by atoms with Crippen molar-refractivity contribution in [1.29, 1.82) is 0 Å². The number of hydrogen-bond acceptors (Lipinski definition) is 4. The third-order valence-electron chi connectivity index (χ3n) is 4.61. The summed E-state index contributed by atoms with van der Waals surface area (Å²) in [5.74, 6) is 0. The van der Waals surface area contributed by atoms with Crippen LogP contribution in [0.4, 0.5) is 21.0 Å². The first-order valence-corrected chi connectivity index (χ1v) is 9.61. The van der Waals surface area contributed by atoms with Crippen LogP contribution in [0.25, 0.3) is 0 Å². The molecule has 29 heavy (non-hydrogen) atoms. The van der Waals surface area contributed by atoms with Crippen molar-refractivity contribution in [3.8, 4) is 0 Å². The summed E-state index contributed by atoms with van der Waals surface area (Å²) >= 11 is 0. The van der Waals surface area contributed by atoms with Crippen LogP contribution in [-0.4, -0.2) is 40.4 Å². The third-order valence-corrected chi connectivity index (χ3v) is 4.61. The lowest BCUT2D eigenvalue weighted by Gasteiger charge is -2.32. The Morgan fingerprint density at radius 2 is 1.93 bits per heavy atom. The van der Waals surface area contributed by atoms with Gasteiger partial charge in [-0.05, 0) is 50.5 Å². The number of nitrogens with one attached hydrogen (secondary N) is 2. The van der Waals surface area contributed by atoms with Gasteiger partial charge < -0.3 is 15.2 Å². The number of benzene rings is 2. The van der Waals surface area contributed by atoms with E-state index in [9.17, 15) is 9.59 Å². The van der Waals surface area contributed by atoms with Crippen molar-refractivity contribution >= 4 is 23.6 Å². The Labute approximate surface area is 170 Å². The number of rotatable bonds is 3. The maximum atomic E-state index is 13.0. The molecule has 1 atom stereocenters. The van der Waals surface area contributed by atoms with E-state index in [1.165, 1.54) is 0 Å². The molecule has 0 aromatic heterocycles. The van der Waals surface area contributed by atoms with Gasteiger partial charge in [0.05, 0.1) is 12.6 Å². The van der Waals surface area contributed by atoms with E-state index in [1.54, 1.807) is 17.0 Å². The minimum Gasteiger partial charge on any atom is -0.465 e. The highest BCUT2D eigenvalue weighted by Gasteiger charge is 2.31. The topological polar surface area (TPSA) is 90.9 Å². The summed E-state index contributed by atoms with van der Waals surface area (Å²) in [4.78, 5) is 25.7. The second-order valence-electron chi connectivity index (χ2n) is 8.13. The van der Waals surface area contributed by atoms with Crippen molar-refractivity contribution in [3.63, 3.8) is 0 Å². The van der Waals surface area contributed by atoms with Crippen molar-refractivity contribution < 1.29 is 19.4 Å². The number of fused-ring (bicyclic) bond motifs is 1. The Bertz CT molecular complexity index is 877. The SMILES string of the molecule is CC(C)(C)OC(=O)N1Cc2ccc(NC(=O)O)cc2NCC1Cc1ccccc1. The van der Waals surface area contributed by atoms with Gasteiger partial charge in [0, 0.05) is 17.9 Å². The van der Waals surface area contributed by atoms with E-state index in [0.29, 0.717) is 25.2 Å². The van der Waals surface area contributed by atoms with Gasteiger partial charge in [0.2, 0.25) is 0 Å². The first-order chi connectivity index (χ1) is 13.7. The maximum absolute atomic E-state index is 13.0. The highest BCUT2D eigenvalue weighted by atomic mass is 16.6. The number of anilines is 2. The van der Waals surface area contributed by atoms with Crippen molar-refractivity contribution in [2.75, 3.05) is 17.2 Å². The standard InChI is InChI=1S/C22H27N3O4/c1-22(2,3)29-21(28)25-14-16-9-10-17(24-20(26)27)12-19(16)23-13-18(25)11-15-7-5-4-6-8-15/h4-10,12,18,23-24H,11,13-14H2,1-3H3,(H,26,27). The summed E-state index contributed by atoms with van der Waals surface area (Å²) in [7, 11) is 0. The van der Waals surface area contributed by atoms with Crippen molar-refractivity contribution in [1.82, 2.24) is 4.90 Å². The van der Waals surface area contributed by atoms with E-state index in [2.05, 4.69) is 10.6 Å². The van der Waals surface area contributed by atoms with Gasteiger partial charge in [0.1, 0.15) is 5.60 Å². The number of nitrogens with zero attached hydrogens (tertiary/aromatic N) is 1. The maximum Gasteiger partial charge on any atom is 0.410 e. The molecule has 0 saturated heterocycles. The zero-order chi connectivity index (χ0) is 21.0. The molecule has 1 aliphatic heterocycles. The zero-order valence-corrected chi connectivity index (χ0v) is 16.9. The lowest BCUT2D eigenvalue weighted by molar-refractivity contribution is 0.0156. The minimum atomic E-state index is -1.11. The van der Waals surface area contributed by atoms with E-state index in [-0.39, 0.29) is 12.1 Å². The molecule has 3 rings (SSSR count). The average Bonchev–Trinajstić information content (AvgIpc) is 2.80. The molecule has 7 nitrogen and oxygen atoms in total. The van der Waals surface area contributed by atoms with Gasteiger partial charge in [0.15, 0.2) is 0 Å². The molecule has 2 aromatic carbocycles. The van der Waals surface area contributed by atoms with Crippen LogP contribution < -0.4 is 10.6 Å². The van der Waals surface area contributed by atoms with E-state index < -0.39 is 11.7 Å².